The first-order valence-corrected chi connectivity index (χ1v) is 7.35. The van der Waals surface area contributed by atoms with E-state index in [-0.39, 0.29) is 5.91 Å². The summed E-state index contributed by atoms with van der Waals surface area (Å²) in [6, 6.07) is 6.47. The highest BCUT2D eigenvalue weighted by atomic mass is 16.3. The van der Waals surface area contributed by atoms with Crippen LogP contribution in [0.15, 0.2) is 18.2 Å². The van der Waals surface area contributed by atoms with E-state index in [4.69, 9.17) is 0 Å². The minimum Gasteiger partial charge on any atom is -0.378 e. The first-order chi connectivity index (χ1) is 9.49. The molecule has 1 saturated heterocycles. The number of rotatable bonds is 1. The number of likely N-dealkylation sites (N-methyl/N-ethyl adjacent to an activating group) is 1. The number of carbonyl (C=O) groups excluding carboxylic acids is 1. The Morgan fingerprint density at radius 1 is 1.30 bits per heavy atom. The molecule has 4 heteroatoms. The van der Waals surface area contributed by atoms with E-state index in [1.54, 1.807) is 11.9 Å². The molecular formula is C16H22N2O2. The minimum absolute atomic E-state index is 0.238. The Bertz CT molecular complexity index is 543. The predicted molar refractivity (Wildman–Crippen MR) is 80.0 cm³/mol. The molecule has 0 spiro atoms. The lowest BCUT2D eigenvalue weighted by Gasteiger charge is -2.38. The molecule has 3 atom stereocenters. The van der Waals surface area contributed by atoms with Crippen LogP contribution in [0.2, 0.25) is 0 Å². The minimum atomic E-state index is -0.997. The second-order valence-corrected chi connectivity index (χ2v) is 6.21. The normalized spacial score (nSPS) is 29.8. The van der Waals surface area contributed by atoms with Crippen molar-refractivity contribution >= 4 is 17.3 Å². The van der Waals surface area contributed by atoms with E-state index in [0.717, 1.165) is 29.4 Å². The van der Waals surface area contributed by atoms with Gasteiger partial charge in [-0.3, -0.25) is 4.79 Å². The van der Waals surface area contributed by atoms with E-state index in [1.807, 2.05) is 18.2 Å². The number of piperidine rings is 1. The molecule has 2 aliphatic rings. The summed E-state index contributed by atoms with van der Waals surface area (Å²) >= 11 is 0. The van der Waals surface area contributed by atoms with Gasteiger partial charge in [0.1, 0.15) is 0 Å². The van der Waals surface area contributed by atoms with Gasteiger partial charge in [0.25, 0.3) is 5.91 Å². The molecule has 0 aromatic heterocycles. The van der Waals surface area contributed by atoms with Crippen LogP contribution in [-0.4, -0.2) is 30.6 Å². The van der Waals surface area contributed by atoms with Crippen LogP contribution in [0.4, 0.5) is 11.4 Å². The Labute approximate surface area is 120 Å². The lowest BCUT2D eigenvalue weighted by atomic mass is 9.93. The van der Waals surface area contributed by atoms with E-state index in [2.05, 4.69) is 18.7 Å². The van der Waals surface area contributed by atoms with Gasteiger partial charge in [-0.25, -0.2) is 0 Å². The molecule has 3 rings (SSSR count). The fraction of sp³-hybridized carbons (Fsp3) is 0.562. The summed E-state index contributed by atoms with van der Waals surface area (Å²) in [7, 11) is 1.73. The van der Waals surface area contributed by atoms with Gasteiger partial charge in [-0.05, 0) is 37.8 Å². The van der Waals surface area contributed by atoms with Gasteiger partial charge >= 0.3 is 0 Å². The number of carbonyl (C=O) groups is 1. The third-order valence-electron chi connectivity index (χ3n) is 4.70. The Morgan fingerprint density at radius 3 is 2.75 bits per heavy atom. The van der Waals surface area contributed by atoms with Gasteiger partial charge in [0.05, 0.1) is 5.69 Å². The van der Waals surface area contributed by atoms with Gasteiger partial charge in [-0.2, -0.15) is 0 Å². The Kier molecular flexibility index (Phi) is 3.21. The highest BCUT2D eigenvalue weighted by Crippen LogP contribution is 2.38. The SMILES string of the molecule is CC1CCN(c2ccc3c(c2)N(C)C(=O)C3O)C(C)C1. The third-order valence-corrected chi connectivity index (χ3v) is 4.70. The second-order valence-electron chi connectivity index (χ2n) is 6.21. The molecule has 1 fully saturated rings. The first-order valence-electron chi connectivity index (χ1n) is 7.35. The van der Waals surface area contributed by atoms with Crippen molar-refractivity contribution in [2.75, 3.05) is 23.4 Å². The van der Waals surface area contributed by atoms with Gasteiger partial charge in [0.2, 0.25) is 0 Å². The number of aliphatic hydroxyl groups is 1. The number of benzene rings is 1. The highest BCUT2D eigenvalue weighted by Gasteiger charge is 2.34. The summed E-state index contributed by atoms with van der Waals surface area (Å²) in [5, 5.41) is 9.90. The highest BCUT2D eigenvalue weighted by molar-refractivity contribution is 6.03. The van der Waals surface area contributed by atoms with Crippen molar-refractivity contribution in [1.29, 1.82) is 0 Å². The monoisotopic (exact) mass is 274 g/mol. The maximum absolute atomic E-state index is 11.8. The van der Waals surface area contributed by atoms with Gasteiger partial charge in [-0.1, -0.05) is 13.0 Å². The lowest BCUT2D eigenvalue weighted by Crippen LogP contribution is -2.40. The summed E-state index contributed by atoms with van der Waals surface area (Å²) in [5.74, 6) is 0.541. The number of hydrogen-bond donors (Lipinski definition) is 1. The van der Waals surface area contributed by atoms with Crippen molar-refractivity contribution in [3.8, 4) is 0 Å². The Balaban J connectivity index is 1.92. The number of aliphatic hydroxyl groups excluding tert-OH is 1. The van der Waals surface area contributed by atoms with Crippen molar-refractivity contribution in [1.82, 2.24) is 0 Å². The second kappa shape index (κ2) is 4.77. The molecule has 0 bridgehead atoms. The van der Waals surface area contributed by atoms with Crippen LogP contribution in [0.3, 0.4) is 0 Å². The average Bonchev–Trinajstić information content (AvgIpc) is 2.64. The van der Waals surface area contributed by atoms with Crippen LogP contribution in [0.1, 0.15) is 38.4 Å². The topological polar surface area (TPSA) is 43.8 Å². The lowest BCUT2D eigenvalue weighted by molar-refractivity contribution is -0.125. The van der Waals surface area contributed by atoms with Crippen LogP contribution in [-0.2, 0) is 4.79 Å². The molecule has 1 aromatic carbocycles. The number of anilines is 2. The van der Waals surface area contributed by atoms with Crippen molar-refractivity contribution in [3.63, 3.8) is 0 Å². The number of amides is 1. The molecular weight excluding hydrogens is 252 g/mol. The molecule has 2 heterocycles. The summed E-state index contributed by atoms with van der Waals surface area (Å²) in [5.41, 5.74) is 2.71. The molecule has 2 aliphatic heterocycles. The van der Waals surface area contributed by atoms with E-state index in [9.17, 15) is 9.90 Å². The largest absolute Gasteiger partial charge is 0.378 e. The van der Waals surface area contributed by atoms with Crippen molar-refractivity contribution in [3.05, 3.63) is 23.8 Å². The molecule has 3 unspecified atom stereocenters. The summed E-state index contributed by atoms with van der Waals surface area (Å²) in [4.78, 5) is 15.8. The van der Waals surface area contributed by atoms with E-state index < -0.39 is 6.10 Å². The van der Waals surface area contributed by atoms with Gasteiger partial charge < -0.3 is 14.9 Å². The molecule has 108 valence electrons. The maximum atomic E-state index is 11.8. The Hall–Kier alpha value is -1.55. The molecule has 0 saturated carbocycles. The van der Waals surface area contributed by atoms with Crippen molar-refractivity contribution in [2.24, 2.45) is 5.92 Å². The van der Waals surface area contributed by atoms with Crippen molar-refractivity contribution in [2.45, 2.75) is 38.8 Å². The average molecular weight is 274 g/mol. The van der Waals surface area contributed by atoms with Crippen LogP contribution < -0.4 is 9.80 Å². The van der Waals surface area contributed by atoms with Gasteiger partial charge in [-0.15, -0.1) is 0 Å². The Morgan fingerprint density at radius 2 is 2.05 bits per heavy atom. The molecule has 20 heavy (non-hydrogen) atoms. The summed E-state index contributed by atoms with van der Waals surface area (Å²) < 4.78 is 0. The van der Waals surface area contributed by atoms with Crippen LogP contribution in [0, 0.1) is 5.92 Å². The molecule has 1 aromatic rings. The molecule has 0 radical (unpaired) electrons. The number of nitrogens with zero attached hydrogens (tertiary/aromatic N) is 2. The van der Waals surface area contributed by atoms with E-state index >= 15 is 0 Å². The van der Waals surface area contributed by atoms with E-state index in [0.29, 0.717) is 6.04 Å². The molecule has 0 aliphatic carbocycles. The molecule has 4 nitrogen and oxygen atoms in total. The standard InChI is InChI=1S/C16H22N2O2/c1-10-6-7-18(11(2)8-10)12-4-5-13-14(9-12)17(3)16(20)15(13)19/h4-5,9-11,15,19H,6-8H2,1-3H3. The fourth-order valence-corrected chi connectivity index (χ4v) is 3.46. The number of fused-ring (bicyclic) bond motifs is 1. The number of hydrogen-bond acceptors (Lipinski definition) is 3. The maximum Gasteiger partial charge on any atom is 0.260 e. The third kappa shape index (κ3) is 1.99. The van der Waals surface area contributed by atoms with E-state index in [1.165, 1.54) is 12.8 Å². The fourth-order valence-electron chi connectivity index (χ4n) is 3.46. The zero-order valence-electron chi connectivity index (χ0n) is 12.3. The predicted octanol–water partition coefficient (Wildman–Crippen LogP) is 2.32. The van der Waals surface area contributed by atoms with Crippen LogP contribution in [0.25, 0.3) is 0 Å². The summed E-state index contributed by atoms with van der Waals surface area (Å²) in [6.45, 7) is 5.62. The smallest absolute Gasteiger partial charge is 0.260 e. The van der Waals surface area contributed by atoms with Crippen LogP contribution >= 0.6 is 0 Å². The summed E-state index contributed by atoms with van der Waals surface area (Å²) in [6.07, 6.45) is 1.41. The quantitative estimate of drug-likeness (QED) is 0.854. The first kappa shape index (κ1) is 13.4. The zero-order chi connectivity index (χ0) is 14.4. The van der Waals surface area contributed by atoms with Crippen LogP contribution in [0.5, 0.6) is 0 Å². The van der Waals surface area contributed by atoms with Gasteiger partial charge in [0.15, 0.2) is 6.10 Å². The molecule has 1 N–H and O–H groups in total. The zero-order valence-corrected chi connectivity index (χ0v) is 12.3. The van der Waals surface area contributed by atoms with Gasteiger partial charge in [0, 0.05) is 30.9 Å². The van der Waals surface area contributed by atoms with Crippen molar-refractivity contribution < 1.29 is 9.90 Å². The molecule has 1 amide bonds.